The number of carbonyl (C=O) groups is 1. The molecule has 0 aromatic heterocycles. The Morgan fingerprint density at radius 1 is 1.22 bits per heavy atom. The van der Waals surface area contributed by atoms with Crippen LogP contribution in [0.1, 0.15) is 39.5 Å². The summed E-state index contributed by atoms with van der Waals surface area (Å²) < 4.78 is 37.4. The van der Waals surface area contributed by atoms with Crippen molar-refractivity contribution < 1.29 is 18.0 Å². The van der Waals surface area contributed by atoms with Crippen molar-refractivity contribution in [3.63, 3.8) is 0 Å². The lowest BCUT2D eigenvalue weighted by atomic mass is 9.81. The van der Waals surface area contributed by atoms with E-state index in [0.717, 1.165) is 0 Å². The van der Waals surface area contributed by atoms with Crippen LogP contribution < -0.4 is 5.32 Å². The molecule has 1 aliphatic rings. The molecule has 1 saturated carbocycles. The zero-order valence-corrected chi connectivity index (χ0v) is 10.6. The van der Waals surface area contributed by atoms with Gasteiger partial charge >= 0.3 is 6.18 Å². The standard InChI is InChI=1S/C13H18F3NO/c1-4-12(2,3)17-11(18)9-5-7-10(8-6-9)13(14,15)16/h1,9-10H,5-8H2,2-3H3,(H,17,18). The van der Waals surface area contributed by atoms with Gasteiger partial charge in [-0.2, -0.15) is 13.2 Å². The third kappa shape index (κ3) is 3.94. The lowest BCUT2D eigenvalue weighted by molar-refractivity contribution is -0.184. The summed E-state index contributed by atoms with van der Waals surface area (Å²) in [4.78, 5) is 11.8. The van der Waals surface area contributed by atoms with Crippen LogP contribution in [0.15, 0.2) is 0 Å². The van der Waals surface area contributed by atoms with E-state index >= 15 is 0 Å². The minimum absolute atomic E-state index is 0.0259. The topological polar surface area (TPSA) is 29.1 Å². The SMILES string of the molecule is C#CC(C)(C)NC(=O)C1CCC(C(F)(F)F)CC1. The molecule has 0 aromatic carbocycles. The zero-order chi connectivity index (χ0) is 14.0. The molecule has 0 atom stereocenters. The van der Waals surface area contributed by atoms with E-state index in [1.165, 1.54) is 0 Å². The van der Waals surface area contributed by atoms with E-state index in [1.807, 2.05) is 0 Å². The summed E-state index contributed by atoms with van der Waals surface area (Å²) >= 11 is 0. The van der Waals surface area contributed by atoms with E-state index in [4.69, 9.17) is 6.42 Å². The third-order valence-electron chi connectivity index (χ3n) is 3.36. The Morgan fingerprint density at radius 2 is 1.72 bits per heavy atom. The molecule has 2 nitrogen and oxygen atoms in total. The molecule has 0 aromatic rings. The first-order chi connectivity index (χ1) is 8.15. The molecule has 1 aliphatic carbocycles. The van der Waals surface area contributed by atoms with E-state index in [2.05, 4.69) is 11.2 Å². The fourth-order valence-corrected chi connectivity index (χ4v) is 2.13. The Bertz CT molecular complexity index is 346. The number of hydrogen-bond acceptors (Lipinski definition) is 1. The summed E-state index contributed by atoms with van der Waals surface area (Å²) in [6.07, 6.45) is 1.71. The summed E-state index contributed by atoms with van der Waals surface area (Å²) in [6, 6.07) is 0. The second kappa shape index (κ2) is 5.21. The summed E-state index contributed by atoms with van der Waals surface area (Å²) in [7, 11) is 0. The Labute approximate surface area is 105 Å². The molecular formula is C13H18F3NO. The van der Waals surface area contributed by atoms with Crippen molar-refractivity contribution >= 4 is 5.91 Å². The van der Waals surface area contributed by atoms with Crippen LogP contribution >= 0.6 is 0 Å². The first-order valence-electron chi connectivity index (χ1n) is 6.02. The van der Waals surface area contributed by atoms with Gasteiger partial charge in [-0.3, -0.25) is 4.79 Å². The van der Waals surface area contributed by atoms with Crippen LogP contribution in [-0.4, -0.2) is 17.6 Å². The number of rotatable bonds is 2. The van der Waals surface area contributed by atoms with Crippen molar-refractivity contribution in [2.24, 2.45) is 11.8 Å². The Balaban J connectivity index is 2.49. The van der Waals surface area contributed by atoms with Crippen LogP contribution in [0.3, 0.4) is 0 Å². The minimum Gasteiger partial charge on any atom is -0.340 e. The lowest BCUT2D eigenvalue weighted by Gasteiger charge is -2.31. The maximum Gasteiger partial charge on any atom is 0.391 e. The van der Waals surface area contributed by atoms with Gasteiger partial charge in [0.1, 0.15) is 0 Å². The number of amides is 1. The number of alkyl halides is 3. The molecule has 1 fully saturated rings. The molecule has 0 radical (unpaired) electrons. The van der Waals surface area contributed by atoms with Gasteiger partial charge in [0.2, 0.25) is 5.91 Å². The molecule has 18 heavy (non-hydrogen) atoms. The Kier molecular flexibility index (Phi) is 4.31. The average Bonchev–Trinajstić information content (AvgIpc) is 2.27. The van der Waals surface area contributed by atoms with Crippen LogP contribution in [0.2, 0.25) is 0 Å². The van der Waals surface area contributed by atoms with E-state index < -0.39 is 17.6 Å². The average molecular weight is 261 g/mol. The maximum atomic E-state index is 12.5. The maximum absolute atomic E-state index is 12.5. The molecule has 0 aliphatic heterocycles. The van der Waals surface area contributed by atoms with Crippen molar-refractivity contribution in [3.8, 4) is 12.3 Å². The van der Waals surface area contributed by atoms with Crippen LogP contribution in [0.25, 0.3) is 0 Å². The summed E-state index contributed by atoms with van der Waals surface area (Å²) in [5.41, 5.74) is -0.752. The fourth-order valence-electron chi connectivity index (χ4n) is 2.13. The molecule has 1 rings (SSSR count). The highest BCUT2D eigenvalue weighted by Gasteiger charge is 2.42. The van der Waals surface area contributed by atoms with Crippen molar-refractivity contribution in [1.29, 1.82) is 0 Å². The van der Waals surface area contributed by atoms with E-state index in [1.54, 1.807) is 13.8 Å². The smallest absolute Gasteiger partial charge is 0.340 e. The molecule has 0 spiro atoms. The molecule has 1 amide bonds. The molecule has 102 valence electrons. The number of carbonyl (C=O) groups excluding carboxylic acids is 1. The van der Waals surface area contributed by atoms with E-state index in [9.17, 15) is 18.0 Å². The second-order valence-corrected chi connectivity index (χ2v) is 5.35. The molecule has 0 saturated heterocycles. The van der Waals surface area contributed by atoms with Gasteiger partial charge in [0.05, 0.1) is 11.5 Å². The Hall–Kier alpha value is -1.18. The highest BCUT2D eigenvalue weighted by atomic mass is 19.4. The number of terminal acetylenes is 1. The first-order valence-corrected chi connectivity index (χ1v) is 6.02. The molecule has 1 N–H and O–H groups in total. The lowest BCUT2D eigenvalue weighted by Crippen LogP contribution is -2.46. The van der Waals surface area contributed by atoms with Crippen molar-refractivity contribution in [3.05, 3.63) is 0 Å². The monoisotopic (exact) mass is 261 g/mol. The van der Waals surface area contributed by atoms with Gasteiger partial charge in [-0.15, -0.1) is 6.42 Å². The quantitative estimate of drug-likeness (QED) is 0.761. The van der Waals surface area contributed by atoms with Crippen molar-refractivity contribution in [1.82, 2.24) is 5.32 Å². The molecule has 0 heterocycles. The van der Waals surface area contributed by atoms with Crippen molar-refractivity contribution in [2.75, 3.05) is 0 Å². The van der Waals surface area contributed by atoms with Crippen LogP contribution in [0.5, 0.6) is 0 Å². The molecule has 0 bridgehead atoms. The zero-order valence-electron chi connectivity index (χ0n) is 10.6. The van der Waals surface area contributed by atoms with Gasteiger partial charge < -0.3 is 5.32 Å². The van der Waals surface area contributed by atoms with E-state index in [0.29, 0.717) is 0 Å². The highest BCUT2D eigenvalue weighted by Crippen LogP contribution is 2.39. The van der Waals surface area contributed by atoms with Gasteiger partial charge in [-0.1, -0.05) is 5.92 Å². The Morgan fingerprint density at radius 3 is 2.11 bits per heavy atom. The van der Waals surface area contributed by atoms with Gasteiger partial charge in [0, 0.05) is 5.92 Å². The van der Waals surface area contributed by atoms with Gasteiger partial charge in [0.15, 0.2) is 0 Å². The minimum atomic E-state index is -4.14. The number of hydrogen-bond donors (Lipinski definition) is 1. The predicted molar refractivity (Wildman–Crippen MR) is 62.6 cm³/mol. The summed E-state index contributed by atoms with van der Waals surface area (Å²) in [5.74, 6) is 0.582. The third-order valence-corrected chi connectivity index (χ3v) is 3.36. The number of nitrogens with one attached hydrogen (secondary N) is 1. The van der Waals surface area contributed by atoms with Crippen LogP contribution in [0, 0.1) is 24.2 Å². The van der Waals surface area contributed by atoms with Gasteiger partial charge in [-0.25, -0.2) is 0 Å². The van der Waals surface area contributed by atoms with Crippen LogP contribution in [-0.2, 0) is 4.79 Å². The summed E-state index contributed by atoms with van der Waals surface area (Å²) in [6.45, 7) is 3.37. The van der Waals surface area contributed by atoms with Crippen LogP contribution in [0.4, 0.5) is 13.2 Å². The number of halogens is 3. The fraction of sp³-hybridized carbons (Fsp3) is 0.769. The second-order valence-electron chi connectivity index (χ2n) is 5.35. The van der Waals surface area contributed by atoms with Gasteiger partial charge in [0.25, 0.3) is 0 Å². The molecular weight excluding hydrogens is 243 g/mol. The molecule has 5 heteroatoms. The highest BCUT2D eigenvalue weighted by molar-refractivity contribution is 5.79. The van der Waals surface area contributed by atoms with Gasteiger partial charge in [-0.05, 0) is 39.5 Å². The van der Waals surface area contributed by atoms with E-state index in [-0.39, 0.29) is 37.5 Å². The first kappa shape index (κ1) is 14.9. The molecule has 0 unspecified atom stereocenters. The van der Waals surface area contributed by atoms with Crippen molar-refractivity contribution in [2.45, 2.75) is 51.2 Å². The predicted octanol–water partition coefficient (Wildman–Crippen LogP) is 2.88. The summed E-state index contributed by atoms with van der Waals surface area (Å²) in [5, 5.41) is 2.67. The normalized spacial score (nSPS) is 25.3. The largest absolute Gasteiger partial charge is 0.391 e.